The van der Waals surface area contributed by atoms with Gasteiger partial charge in [-0.2, -0.15) is 5.10 Å². The molecule has 0 spiro atoms. The number of benzene rings is 1. The lowest BCUT2D eigenvalue weighted by Crippen LogP contribution is -2.11. The van der Waals surface area contributed by atoms with Gasteiger partial charge >= 0.3 is 6.01 Å². The molecule has 3 aromatic rings. The van der Waals surface area contributed by atoms with Crippen LogP contribution in [0.2, 0.25) is 0 Å². The van der Waals surface area contributed by atoms with E-state index in [-0.39, 0.29) is 11.9 Å². The SMILES string of the molecule is Cc1ccc(C(=O)Nc2nnc(-c3cc(C)nn3C)o2)cc1. The van der Waals surface area contributed by atoms with Crippen LogP contribution in [0.1, 0.15) is 21.6 Å². The number of nitrogens with zero attached hydrogens (tertiary/aromatic N) is 4. The zero-order chi connectivity index (χ0) is 15.7. The number of aromatic nitrogens is 4. The Bertz CT molecular complexity index is 817. The Hall–Kier alpha value is -2.96. The highest BCUT2D eigenvalue weighted by Crippen LogP contribution is 2.20. The maximum atomic E-state index is 12.1. The molecule has 112 valence electrons. The molecule has 7 heteroatoms. The standard InChI is InChI=1S/C15H15N5O2/c1-9-4-6-11(7-5-9)13(21)16-15-18-17-14(22-15)12-8-10(2)19-20(12)3/h4-8H,1-3H3,(H,16,18,21). The summed E-state index contributed by atoms with van der Waals surface area (Å²) in [5.74, 6) is 0.0127. The van der Waals surface area contributed by atoms with Gasteiger partial charge in [0, 0.05) is 12.6 Å². The smallest absolute Gasteiger partial charge is 0.322 e. The number of carbonyl (C=O) groups is 1. The van der Waals surface area contributed by atoms with Crippen molar-refractivity contribution in [2.45, 2.75) is 13.8 Å². The molecule has 7 nitrogen and oxygen atoms in total. The molecular weight excluding hydrogens is 282 g/mol. The molecule has 0 bridgehead atoms. The van der Waals surface area contributed by atoms with E-state index in [1.54, 1.807) is 23.9 Å². The summed E-state index contributed by atoms with van der Waals surface area (Å²) in [6.45, 7) is 3.84. The lowest BCUT2D eigenvalue weighted by molar-refractivity contribution is 0.102. The van der Waals surface area contributed by atoms with Crippen molar-refractivity contribution in [1.29, 1.82) is 0 Å². The molecular formula is C15H15N5O2. The second kappa shape index (κ2) is 5.44. The summed E-state index contributed by atoms with van der Waals surface area (Å²) in [6, 6.07) is 9.11. The van der Waals surface area contributed by atoms with Crippen LogP contribution in [0.5, 0.6) is 0 Å². The summed E-state index contributed by atoms with van der Waals surface area (Å²) in [7, 11) is 1.79. The van der Waals surface area contributed by atoms with Gasteiger partial charge in [-0.15, -0.1) is 5.10 Å². The predicted molar refractivity (Wildman–Crippen MR) is 80.4 cm³/mol. The third-order valence-corrected chi connectivity index (χ3v) is 3.18. The summed E-state index contributed by atoms with van der Waals surface area (Å²) >= 11 is 0. The minimum Gasteiger partial charge on any atom is -0.401 e. The summed E-state index contributed by atoms with van der Waals surface area (Å²) in [5, 5.41) is 14.6. The highest BCUT2D eigenvalue weighted by Gasteiger charge is 2.15. The summed E-state index contributed by atoms with van der Waals surface area (Å²) in [5.41, 5.74) is 3.16. The highest BCUT2D eigenvalue weighted by atomic mass is 16.4. The maximum Gasteiger partial charge on any atom is 0.322 e. The average Bonchev–Trinajstić information content (AvgIpc) is 3.06. The number of hydrogen-bond donors (Lipinski definition) is 1. The molecule has 2 aromatic heterocycles. The summed E-state index contributed by atoms with van der Waals surface area (Å²) in [6.07, 6.45) is 0. The van der Waals surface area contributed by atoms with Gasteiger partial charge in [-0.3, -0.25) is 14.8 Å². The van der Waals surface area contributed by atoms with Gasteiger partial charge in [-0.05, 0) is 32.0 Å². The topological polar surface area (TPSA) is 85.8 Å². The van der Waals surface area contributed by atoms with Crippen LogP contribution in [0.3, 0.4) is 0 Å². The molecule has 0 aliphatic heterocycles. The Morgan fingerprint density at radius 2 is 1.91 bits per heavy atom. The molecule has 2 heterocycles. The van der Waals surface area contributed by atoms with Crippen LogP contribution >= 0.6 is 0 Å². The highest BCUT2D eigenvalue weighted by molar-refractivity contribution is 6.03. The van der Waals surface area contributed by atoms with Crippen molar-refractivity contribution >= 4 is 11.9 Å². The Balaban J connectivity index is 1.78. The largest absolute Gasteiger partial charge is 0.401 e. The first-order valence-electron chi connectivity index (χ1n) is 6.75. The van der Waals surface area contributed by atoms with E-state index in [1.807, 2.05) is 32.0 Å². The molecule has 0 unspecified atom stereocenters. The number of aryl methyl sites for hydroxylation is 3. The first-order chi connectivity index (χ1) is 10.5. The lowest BCUT2D eigenvalue weighted by Gasteiger charge is -2.00. The zero-order valence-electron chi connectivity index (χ0n) is 12.5. The van der Waals surface area contributed by atoms with Crippen LogP contribution in [0.25, 0.3) is 11.6 Å². The van der Waals surface area contributed by atoms with E-state index in [1.165, 1.54) is 0 Å². The van der Waals surface area contributed by atoms with Gasteiger partial charge in [0.25, 0.3) is 11.8 Å². The molecule has 1 aromatic carbocycles. The number of anilines is 1. The number of nitrogens with one attached hydrogen (secondary N) is 1. The Morgan fingerprint density at radius 1 is 1.18 bits per heavy atom. The van der Waals surface area contributed by atoms with Gasteiger partial charge in [0.2, 0.25) is 0 Å². The minimum atomic E-state index is -0.295. The van der Waals surface area contributed by atoms with Crippen molar-refractivity contribution in [2.75, 3.05) is 5.32 Å². The zero-order valence-corrected chi connectivity index (χ0v) is 12.5. The molecule has 0 saturated heterocycles. The third-order valence-electron chi connectivity index (χ3n) is 3.18. The predicted octanol–water partition coefficient (Wildman–Crippen LogP) is 2.34. The summed E-state index contributed by atoms with van der Waals surface area (Å²) < 4.78 is 7.11. The van der Waals surface area contributed by atoms with Gasteiger partial charge in [0.1, 0.15) is 5.69 Å². The molecule has 0 aliphatic rings. The van der Waals surface area contributed by atoms with E-state index in [0.717, 1.165) is 11.3 Å². The van der Waals surface area contributed by atoms with Crippen molar-refractivity contribution in [1.82, 2.24) is 20.0 Å². The van der Waals surface area contributed by atoms with Crippen molar-refractivity contribution in [3.63, 3.8) is 0 Å². The molecule has 0 aliphatic carbocycles. The van der Waals surface area contributed by atoms with Gasteiger partial charge in [0.05, 0.1) is 5.69 Å². The van der Waals surface area contributed by atoms with Crippen molar-refractivity contribution in [3.8, 4) is 11.6 Å². The molecule has 22 heavy (non-hydrogen) atoms. The molecule has 1 amide bonds. The average molecular weight is 297 g/mol. The van der Waals surface area contributed by atoms with E-state index in [4.69, 9.17) is 4.42 Å². The lowest BCUT2D eigenvalue weighted by atomic mass is 10.1. The summed E-state index contributed by atoms with van der Waals surface area (Å²) in [4.78, 5) is 12.1. The van der Waals surface area contributed by atoms with E-state index >= 15 is 0 Å². The van der Waals surface area contributed by atoms with Gasteiger partial charge in [-0.1, -0.05) is 22.8 Å². The van der Waals surface area contributed by atoms with E-state index in [0.29, 0.717) is 17.1 Å². The monoisotopic (exact) mass is 297 g/mol. The minimum absolute atomic E-state index is 0.0550. The van der Waals surface area contributed by atoms with Crippen LogP contribution in [0.4, 0.5) is 6.01 Å². The Morgan fingerprint density at radius 3 is 2.55 bits per heavy atom. The third kappa shape index (κ3) is 2.73. The fourth-order valence-corrected chi connectivity index (χ4v) is 2.06. The van der Waals surface area contributed by atoms with Crippen molar-refractivity contribution in [3.05, 3.63) is 47.2 Å². The Labute approximate surface area is 127 Å². The van der Waals surface area contributed by atoms with Gasteiger partial charge in [-0.25, -0.2) is 0 Å². The molecule has 0 fully saturated rings. The van der Waals surface area contributed by atoms with Crippen LogP contribution in [-0.2, 0) is 7.05 Å². The number of amides is 1. The van der Waals surface area contributed by atoms with E-state index in [9.17, 15) is 4.79 Å². The number of rotatable bonds is 3. The number of carbonyl (C=O) groups excluding carboxylic acids is 1. The van der Waals surface area contributed by atoms with Crippen LogP contribution in [0.15, 0.2) is 34.7 Å². The molecule has 1 N–H and O–H groups in total. The first-order valence-corrected chi connectivity index (χ1v) is 6.75. The van der Waals surface area contributed by atoms with Crippen LogP contribution < -0.4 is 5.32 Å². The number of hydrogen-bond acceptors (Lipinski definition) is 5. The van der Waals surface area contributed by atoms with E-state index < -0.39 is 0 Å². The van der Waals surface area contributed by atoms with Crippen molar-refractivity contribution in [2.24, 2.45) is 7.05 Å². The molecule has 0 radical (unpaired) electrons. The molecule has 3 rings (SSSR count). The first kappa shape index (κ1) is 14.0. The van der Waals surface area contributed by atoms with Crippen LogP contribution in [0, 0.1) is 13.8 Å². The van der Waals surface area contributed by atoms with Gasteiger partial charge in [0.15, 0.2) is 0 Å². The Kier molecular flexibility index (Phi) is 3.46. The molecule has 0 atom stereocenters. The maximum absolute atomic E-state index is 12.1. The van der Waals surface area contributed by atoms with Crippen LogP contribution in [-0.4, -0.2) is 25.9 Å². The van der Waals surface area contributed by atoms with E-state index in [2.05, 4.69) is 20.6 Å². The van der Waals surface area contributed by atoms with Crippen molar-refractivity contribution < 1.29 is 9.21 Å². The van der Waals surface area contributed by atoms with Gasteiger partial charge < -0.3 is 4.42 Å². The quantitative estimate of drug-likeness (QED) is 0.802. The fraction of sp³-hybridized carbons (Fsp3) is 0.200. The fourth-order valence-electron chi connectivity index (χ4n) is 2.06. The second-order valence-corrected chi connectivity index (χ2v) is 5.03. The second-order valence-electron chi connectivity index (χ2n) is 5.03. The molecule has 0 saturated carbocycles. The normalized spacial score (nSPS) is 10.7.